The maximum absolute atomic E-state index is 5.96. The highest BCUT2D eigenvalue weighted by molar-refractivity contribution is 7.17. The van der Waals surface area contributed by atoms with E-state index in [0.29, 0.717) is 5.28 Å². The lowest BCUT2D eigenvalue weighted by atomic mass is 10.1. The SMILES string of the molecule is Clc1nc(N2CCCCC2)c2sccc2n1. The fourth-order valence-electron chi connectivity index (χ4n) is 2.14. The standard InChI is InChI=1S/C11H12ClN3S/c12-11-13-8-4-7-16-9(8)10(14-11)15-5-2-1-3-6-15/h4,7H,1-3,5-6H2. The van der Waals surface area contributed by atoms with E-state index in [4.69, 9.17) is 11.6 Å². The molecular weight excluding hydrogens is 242 g/mol. The molecule has 3 rings (SSSR count). The van der Waals surface area contributed by atoms with Crippen LogP contribution in [0.4, 0.5) is 5.82 Å². The zero-order chi connectivity index (χ0) is 11.0. The Bertz CT molecular complexity index is 505. The number of fused-ring (bicyclic) bond motifs is 1. The first kappa shape index (κ1) is 10.3. The largest absolute Gasteiger partial charge is 0.355 e. The smallest absolute Gasteiger partial charge is 0.224 e. The highest BCUT2D eigenvalue weighted by atomic mass is 35.5. The van der Waals surface area contributed by atoms with Gasteiger partial charge in [-0.05, 0) is 42.3 Å². The molecule has 0 aromatic carbocycles. The highest BCUT2D eigenvalue weighted by Gasteiger charge is 2.17. The van der Waals surface area contributed by atoms with Crippen LogP contribution in [0.5, 0.6) is 0 Å². The number of hydrogen-bond donors (Lipinski definition) is 0. The molecule has 0 spiro atoms. The number of rotatable bonds is 1. The van der Waals surface area contributed by atoms with Gasteiger partial charge in [0.2, 0.25) is 5.28 Å². The van der Waals surface area contributed by atoms with Crippen molar-refractivity contribution in [3.8, 4) is 0 Å². The molecule has 0 unspecified atom stereocenters. The molecule has 3 heterocycles. The maximum atomic E-state index is 5.96. The van der Waals surface area contributed by atoms with Crippen LogP contribution in [0, 0.1) is 0 Å². The van der Waals surface area contributed by atoms with Crippen LogP contribution in [0.1, 0.15) is 19.3 Å². The Hall–Kier alpha value is -0.870. The van der Waals surface area contributed by atoms with E-state index >= 15 is 0 Å². The molecule has 1 aliphatic rings. The summed E-state index contributed by atoms with van der Waals surface area (Å²) in [6.45, 7) is 2.17. The van der Waals surface area contributed by atoms with Crippen molar-refractivity contribution in [2.75, 3.05) is 18.0 Å². The zero-order valence-electron chi connectivity index (χ0n) is 8.82. The first-order valence-corrected chi connectivity index (χ1v) is 6.76. The molecule has 0 radical (unpaired) electrons. The summed E-state index contributed by atoms with van der Waals surface area (Å²) in [5.41, 5.74) is 0.963. The first-order chi connectivity index (χ1) is 7.84. The topological polar surface area (TPSA) is 29.0 Å². The van der Waals surface area contributed by atoms with E-state index in [9.17, 15) is 0 Å². The molecule has 2 aromatic heterocycles. The van der Waals surface area contributed by atoms with Crippen molar-refractivity contribution in [2.24, 2.45) is 0 Å². The molecule has 0 N–H and O–H groups in total. The number of thiophene rings is 1. The van der Waals surface area contributed by atoms with Crippen LogP contribution in [0.25, 0.3) is 10.2 Å². The predicted octanol–water partition coefficient (Wildman–Crippen LogP) is 3.34. The van der Waals surface area contributed by atoms with Crippen LogP contribution >= 0.6 is 22.9 Å². The Morgan fingerprint density at radius 3 is 2.81 bits per heavy atom. The number of anilines is 1. The summed E-state index contributed by atoms with van der Waals surface area (Å²) in [6.07, 6.45) is 3.81. The van der Waals surface area contributed by atoms with Gasteiger partial charge in [-0.15, -0.1) is 11.3 Å². The Labute approximate surface area is 103 Å². The molecule has 0 aliphatic carbocycles. The van der Waals surface area contributed by atoms with Crippen molar-refractivity contribution in [2.45, 2.75) is 19.3 Å². The van der Waals surface area contributed by atoms with E-state index < -0.39 is 0 Å². The van der Waals surface area contributed by atoms with Crippen LogP contribution in [-0.4, -0.2) is 23.1 Å². The van der Waals surface area contributed by atoms with E-state index in [2.05, 4.69) is 14.9 Å². The van der Waals surface area contributed by atoms with Crippen molar-refractivity contribution >= 4 is 39.0 Å². The molecule has 1 fully saturated rings. The van der Waals surface area contributed by atoms with Crippen molar-refractivity contribution in [1.82, 2.24) is 9.97 Å². The average molecular weight is 254 g/mol. The van der Waals surface area contributed by atoms with Gasteiger partial charge in [0.1, 0.15) is 0 Å². The minimum atomic E-state index is 0.353. The highest BCUT2D eigenvalue weighted by Crippen LogP contribution is 2.31. The summed E-state index contributed by atoms with van der Waals surface area (Å²) >= 11 is 7.65. The van der Waals surface area contributed by atoms with Crippen molar-refractivity contribution in [3.63, 3.8) is 0 Å². The summed E-state index contributed by atoms with van der Waals surface area (Å²) in [6, 6.07) is 2.00. The third-order valence-corrected chi connectivity index (χ3v) is 3.98. The molecule has 0 bridgehead atoms. The summed E-state index contributed by atoms with van der Waals surface area (Å²) < 4.78 is 1.16. The summed E-state index contributed by atoms with van der Waals surface area (Å²) in [4.78, 5) is 10.9. The second-order valence-corrected chi connectivity index (χ2v) is 5.25. The number of halogens is 1. The number of aromatic nitrogens is 2. The van der Waals surface area contributed by atoms with Gasteiger partial charge >= 0.3 is 0 Å². The predicted molar refractivity (Wildman–Crippen MR) is 68.5 cm³/mol. The van der Waals surface area contributed by atoms with E-state index in [1.54, 1.807) is 11.3 Å². The van der Waals surface area contributed by atoms with Gasteiger partial charge in [-0.3, -0.25) is 0 Å². The van der Waals surface area contributed by atoms with Gasteiger partial charge in [0.25, 0.3) is 0 Å². The van der Waals surface area contributed by atoms with Gasteiger partial charge in [0.05, 0.1) is 10.2 Å². The molecular formula is C11H12ClN3S. The van der Waals surface area contributed by atoms with Crippen LogP contribution < -0.4 is 4.90 Å². The van der Waals surface area contributed by atoms with Gasteiger partial charge in [0.15, 0.2) is 5.82 Å². The summed E-state index contributed by atoms with van der Waals surface area (Å²) in [5.74, 6) is 1.02. The molecule has 0 amide bonds. The fraction of sp³-hybridized carbons (Fsp3) is 0.455. The first-order valence-electron chi connectivity index (χ1n) is 5.50. The second-order valence-electron chi connectivity index (χ2n) is 4.00. The quantitative estimate of drug-likeness (QED) is 0.730. The van der Waals surface area contributed by atoms with Gasteiger partial charge in [-0.2, -0.15) is 4.98 Å². The van der Waals surface area contributed by atoms with Crippen LogP contribution in [0.15, 0.2) is 11.4 Å². The Balaban J connectivity index is 2.09. The molecule has 16 heavy (non-hydrogen) atoms. The van der Waals surface area contributed by atoms with Crippen molar-refractivity contribution < 1.29 is 0 Å². The van der Waals surface area contributed by atoms with Gasteiger partial charge in [-0.25, -0.2) is 4.98 Å². The van der Waals surface area contributed by atoms with E-state index in [1.165, 1.54) is 19.3 Å². The molecule has 2 aromatic rings. The molecule has 84 valence electrons. The Kier molecular flexibility index (Phi) is 2.69. The normalized spacial score (nSPS) is 16.9. The Morgan fingerprint density at radius 2 is 2.00 bits per heavy atom. The second kappa shape index (κ2) is 4.18. The van der Waals surface area contributed by atoms with E-state index in [1.807, 2.05) is 11.4 Å². The van der Waals surface area contributed by atoms with Gasteiger partial charge < -0.3 is 4.90 Å². The summed E-state index contributed by atoms with van der Waals surface area (Å²) in [5, 5.41) is 2.40. The lowest BCUT2D eigenvalue weighted by Crippen LogP contribution is -2.30. The lowest BCUT2D eigenvalue weighted by Gasteiger charge is -2.27. The van der Waals surface area contributed by atoms with Gasteiger partial charge in [-0.1, -0.05) is 0 Å². The van der Waals surface area contributed by atoms with Crippen LogP contribution in [-0.2, 0) is 0 Å². The maximum Gasteiger partial charge on any atom is 0.224 e. The zero-order valence-corrected chi connectivity index (χ0v) is 10.4. The molecule has 0 saturated carbocycles. The third kappa shape index (κ3) is 1.76. The van der Waals surface area contributed by atoms with Crippen LogP contribution in [0.3, 0.4) is 0 Å². The van der Waals surface area contributed by atoms with Crippen molar-refractivity contribution in [3.05, 3.63) is 16.7 Å². The third-order valence-electron chi connectivity index (χ3n) is 2.91. The monoisotopic (exact) mass is 253 g/mol. The minimum Gasteiger partial charge on any atom is -0.355 e. The van der Waals surface area contributed by atoms with Gasteiger partial charge in [0, 0.05) is 13.1 Å². The minimum absolute atomic E-state index is 0.353. The van der Waals surface area contributed by atoms with E-state index in [-0.39, 0.29) is 0 Å². The summed E-state index contributed by atoms with van der Waals surface area (Å²) in [7, 11) is 0. The van der Waals surface area contributed by atoms with Crippen molar-refractivity contribution in [1.29, 1.82) is 0 Å². The number of hydrogen-bond acceptors (Lipinski definition) is 4. The lowest BCUT2D eigenvalue weighted by molar-refractivity contribution is 0.575. The molecule has 1 aliphatic heterocycles. The fourth-order valence-corrected chi connectivity index (χ4v) is 3.16. The molecule has 5 heteroatoms. The Morgan fingerprint density at radius 1 is 1.19 bits per heavy atom. The van der Waals surface area contributed by atoms with Crippen LogP contribution in [0.2, 0.25) is 5.28 Å². The molecule has 0 atom stereocenters. The number of nitrogens with zero attached hydrogens (tertiary/aromatic N) is 3. The van der Waals surface area contributed by atoms with E-state index in [0.717, 1.165) is 29.1 Å². The molecule has 3 nitrogen and oxygen atoms in total. The average Bonchev–Trinajstić information content (AvgIpc) is 2.77. The number of piperidine rings is 1. The molecule has 1 saturated heterocycles.